The van der Waals surface area contributed by atoms with Crippen molar-refractivity contribution in [2.24, 2.45) is 11.7 Å². The molecular formula is C16H21N3O. The number of allylic oxidation sites excluding steroid dienone is 1. The first-order valence-corrected chi connectivity index (χ1v) is 6.98. The van der Waals surface area contributed by atoms with E-state index in [1.165, 1.54) is 18.0 Å². The van der Waals surface area contributed by atoms with Gasteiger partial charge in [0.25, 0.3) is 0 Å². The van der Waals surface area contributed by atoms with E-state index in [0.29, 0.717) is 5.92 Å². The van der Waals surface area contributed by atoms with Gasteiger partial charge in [-0.15, -0.1) is 0 Å². The van der Waals surface area contributed by atoms with Gasteiger partial charge < -0.3 is 16.0 Å². The van der Waals surface area contributed by atoms with E-state index >= 15 is 0 Å². The summed E-state index contributed by atoms with van der Waals surface area (Å²) >= 11 is 0. The van der Waals surface area contributed by atoms with Gasteiger partial charge in [-0.05, 0) is 36.3 Å². The van der Waals surface area contributed by atoms with Gasteiger partial charge in [0.1, 0.15) is 0 Å². The molecule has 0 saturated carbocycles. The minimum atomic E-state index is 0.631. The predicted octanol–water partition coefficient (Wildman–Crippen LogP) is 2.05. The maximum Gasteiger partial charge on any atom is 0.209 e. The van der Waals surface area contributed by atoms with Gasteiger partial charge in [0, 0.05) is 31.1 Å². The monoisotopic (exact) mass is 271 g/mol. The van der Waals surface area contributed by atoms with Crippen molar-refractivity contribution in [1.29, 1.82) is 5.41 Å². The molecule has 106 valence electrons. The van der Waals surface area contributed by atoms with Crippen LogP contribution in [0.1, 0.15) is 24.0 Å². The molecule has 1 heterocycles. The fourth-order valence-electron chi connectivity index (χ4n) is 2.70. The Kier molecular flexibility index (Phi) is 4.93. The minimum absolute atomic E-state index is 0.631. The zero-order valence-electron chi connectivity index (χ0n) is 11.6. The van der Waals surface area contributed by atoms with Gasteiger partial charge in [0.2, 0.25) is 6.41 Å². The second-order valence-electron chi connectivity index (χ2n) is 5.26. The molecule has 20 heavy (non-hydrogen) atoms. The minimum Gasteiger partial charge on any atom is -0.404 e. The summed E-state index contributed by atoms with van der Waals surface area (Å²) in [7, 11) is 0. The van der Waals surface area contributed by atoms with E-state index in [1.54, 1.807) is 0 Å². The van der Waals surface area contributed by atoms with E-state index in [-0.39, 0.29) is 0 Å². The van der Waals surface area contributed by atoms with Crippen LogP contribution >= 0.6 is 0 Å². The average molecular weight is 271 g/mol. The zero-order valence-corrected chi connectivity index (χ0v) is 11.6. The van der Waals surface area contributed by atoms with Crippen molar-refractivity contribution in [1.82, 2.24) is 4.90 Å². The molecule has 1 saturated heterocycles. The summed E-state index contributed by atoms with van der Waals surface area (Å²) < 4.78 is 0. The van der Waals surface area contributed by atoms with E-state index < -0.39 is 0 Å². The average Bonchev–Trinajstić information content (AvgIpc) is 2.50. The Labute approximate surface area is 119 Å². The molecule has 0 spiro atoms. The Hall–Kier alpha value is -2.10. The molecule has 1 aromatic rings. The normalized spacial score (nSPS) is 17.0. The lowest BCUT2D eigenvalue weighted by molar-refractivity contribution is -0.119. The van der Waals surface area contributed by atoms with E-state index in [1.807, 2.05) is 17.0 Å². The molecule has 0 aliphatic carbocycles. The molecule has 1 fully saturated rings. The van der Waals surface area contributed by atoms with Crippen LogP contribution in [0.5, 0.6) is 0 Å². The molecule has 3 N–H and O–H groups in total. The highest BCUT2D eigenvalue weighted by Gasteiger charge is 2.18. The molecule has 4 nitrogen and oxygen atoms in total. The van der Waals surface area contributed by atoms with E-state index in [2.05, 4.69) is 12.1 Å². The fourth-order valence-corrected chi connectivity index (χ4v) is 2.70. The number of nitrogens with zero attached hydrogens (tertiary/aromatic N) is 1. The summed E-state index contributed by atoms with van der Waals surface area (Å²) in [6, 6.07) is 8.21. The van der Waals surface area contributed by atoms with Crippen LogP contribution in [-0.2, 0) is 11.2 Å². The molecule has 0 unspecified atom stereocenters. The van der Waals surface area contributed by atoms with Gasteiger partial charge in [0.05, 0.1) is 0 Å². The SMILES string of the molecule is N=C/C(=C\N)c1cccc(CC2CCN(C=O)CC2)c1. The van der Waals surface area contributed by atoms with Crippen molar-refractivity contribution < 1.29 is 4.79 Å². The predicted molar refractivity (Wildman–Crippen MR) is 81.5 cm³/mol. The number of hydrogen-bond donors (Lipinski definition) is 2. The first kappa shape index (κ1) is 14.3. The van der Waals surface area contributed by atoms with Gasteiger partial charge in [0.15, 0.2) is 0 Å². The van der Waals surface area contributed by atoms with Gasteiger partial charge in [-0.25, -0.2) is 0 Å². The fraction of sp³-hybridized carbons (Fsp3) is 0.375. The smallest absolute Gasteiger partial charge is 0.209 e. The maximum atomic E-state index is 10.7. The Morgan fingerprint density at radius 2 is 2.15 bits per heavy atom. The number of benzene rings is 1. The molecule has 1 aliphatic heterocycles. The lowest BCUT2D eigenvalue weighted by Gasteiger charge is -2.29. The van der Waals surface area contributed by atoms with Crippen LogP contribution in [0.15, 0.2) is 30.5 Å². The van der Waals surface area contributed by atoms with Crippen molar-refractivity contribution in [2.75, 3.05) is 13.1 Å². The number of nitrogens with two attached hydrogens (primary N) is 1. The summed E-state index contributed by atoms with van der Waals surface area (Å²) in [4.78, 5) is 12.5. The molecule has 4 heteroatoms. The van der Waals surface area contributed by atoms with Crippen molar-refractivity contribution in [2.45, 2.75) is 19.3 Å². The highest BCUT2D eigenvalue weighted by molar-refractivity contribution is 6.08. The van der Waals surface area contributed by atoms with Gasteiger partial charge in [-0.3, -0.25) is 4.79 Å². The second kappa shape index (κ2) is 6.89. The lowest BCUT2D eigenvalue weighted by Crippen LogP contribution is -2.33. The summed E-state index contributed by atoms with van der Waals surface area (Å²) in [6.07, 6.45) is 6.84. The van der Waals surface area contributed by atoms with Crippen molar-refractivity contribution in [3.05, 3.63) is 41.6 Å². The van der Waals surface area contributed by atoms with E-state index in [9.17, 15) is 4.79 Å². The number of piperidine rings is 1. The highest BCUT2D eigenvalue weighted by atomic mass is 16.1. The summed E-state index contributed by atoms with van der Waals surface area (Å²) in [5, 5.41) is 7.35. The van der Waals surface area contributed by atoms with Crippen molar-refractivity contribution in [3.63, 3.8) is 0 Å². The summed E-state index contributed by atoms with van der Waals surface area (Å²) in [5.41, 5.74) is 8.53. The number of nitrogens with one attached hydrogen (secondary N) is 1. The van der Waals surface area contributed by atoms with Crippen LogP contribution in [0, 0.1) is 11.3 Å². The van der Waals surface area contributed by atoms with Crippen LogP contribution in [0.25, 0.3) is 5.57 Å². The molecule has 2 rings (SSSR count). The third-order valence-electron chi connectivity index (χ3n) is 3.92. The van der Waals surface area contributed by atoms with Crippen LogP contribution in [0.2, 0.25) is 0 Å². The Morgan fingerprint density at radius 1 is 1.40 bits per heavy atom. The number of likely N-dealkylation sites (tertiary alicyclic amines) is 1. The second-order valence-corrected chi connectivity index (χ2v) is 5.26. The number of carbonyl (C=O) groups is 1. The molecule has 0 bridgehead atoms. The topological polar surface area (TPSA) is 70.2 Å². The van der Waals surface area contributed by atoms with Crippen LogP contribution in [-0.4, -0.2) is 30.6 Å². The third kappa shape index (κ3) is 3.47. The molecular weight excluding hydrogens is 250 g/mol. The largest absolute Gasteiger partial charge is 0.404 e. The quantitative estimate of drug-likeness (QED) is 0.635. The van der Waals surface area contributed by atoms with Gasteiger partial charge >= 0.3 is 0 Å². The van der Waals surface area contributed by atoms with Gasteiger partial charge in [-0.2, -0.15) is 0 Å². The summed E-state index contributed by atoms with van der Waals surface area (Å²) in [6.45, 7) is 1.73. The first-order chi connectivity index (χ1) is 9.76. The molecule has 1 aliphatic rings. The number of carbonyl (C=O) groups excluding carboxylic acids is 1. The Balaban J connectivity index is 2.02. The molecule has 0 radical (unpaired) electrons. The maximum absolute atomic E-state index is 10.7. The van der Waals surface area contributed by atoms with Crippen molar-refractivity contribution >= 4 is 18.2 Å². The Morgan fingerprint density at radius 3 is 2.75 bits per heavy atom. The van der Waals surface area contributed by atoms with Crippen LogP contribution < -0.4 is 5.73 Å². The van der Waals surface area contributed by atoms with Crippen molar-refractivity contribution in [3.8, 4) is 0 Å². The lowest BCUT2D eigenvalue weighted by atomic mass is 9.89. The molecule has 0 atom stereocenters. The van der Waals surface area contributed by atoms with Gasteiger partial charge in [-0.1, -0.05) is 24.3 Å². The molecule has 0 aromatic heterocycles. The third-order valence-corrected chi connectivity index (χ3v) is 3.92. The summed E-state index contributed by atoms with van der Waals surface area (Å²) in [5.74, 6) is 0.631. The number of amides is 1. The van der Waals surface area contributed by atoms with Crippen LogP contribution in [0.3, 0.4) is 0 Å². The van der Waals surface area contributed by atoms with E-state index in [0.717, 1.165) is 49.9 Å². The van der Waals surface area contributed by atoms with E-state index in [4.69, 9.17) is 11.1 Å². The molecule has 1 aromatic carbocycles. The highest BCUT2D eigenvalue weighted by Crippen LogP contribution is 2.22. The zero-order chi connectivity index (χ0) is 14.4. The standard InChI is InChI=1S/C16H21N3O/c17-10-16(11-18)15-3-1-2-14(9-15)8-13-4-6-19(12-20)7-5-13/h1-3,9-13,17H,4-8,18H2/b16-11+,17-10?. The Bertz CT molecular complexity index is 502. The number of rotatable bonds is 5. The number of hydrogen-bond acceptors (Lipinski definition) is 3. The first-order valence-electron chi connectivity index (χ1n) is 6.98. The van der Waals surface area contributed by atoms with Crippen LogP contribution in [0.4, 0.5) is 0 Å². The molecule has 1 amide bonds.